The zero-order chi connectivity index (χ0) is 15.8. The third kappa shape index (κ3) is 2.87. The van der Waals surface area contributed by atoms with Crippen molar-refractivity contribution in [1.29, 1.82) is 0 Å². The van der Waals surface area contributed by atoms with Crippen LogP contribution >= 0.6 is 0 Å². The third-order valence-electron chi connectivity index (χ3n) is 5.69. The molecule has 0 spiro atoms. The molecule has 1 unspecified atom stereocenters. The molecule has 1 N–H and O–H groups in total. The molecule has 1 aliphatic heterocycles. The zero-order valence-electron chi connectivity index (χ0n) is 13.5. The van der Waals surface area contributed by atoms with Crippen molar-refractivity contribution in [2.45, 2.75) is 57.0 Å². The summed E-state index contributed by atoms with van der Waals surface area (Å²) in [7, 11) is 0. The molecule has 1 heterocycles. The molecular formula is C19H24N2O2. The van der Waals surface area contributed by atoms with Gasteiger partial charge in [0.15, 0.2) is 0 Å². The SMILES string of the molecule is O=C(NC1Cc2ccccc2C1)C1CC(=O)N(C2CCCC2)C1. The van der Waals surface area contributed by atoms with Crippen molar-refractivity contribution < 1.29 is 9.59 Å². The third-order valence-corrected chi connectivity index (χ3v) is 5.69. The van der Waals surface area contributed by atoms with Gasteiger partial charge in [-0.2, -0.15) is 0 Å². The average Bonchev–Trinajstić information content (AvgIpc) is 3.24. The van der Waals surface area contributed by atoms with E-state index < -0.39 is 0 Å². The highest BCUT2D eigenvalue weighted by Crippen LogP contribution is 2.30. The highest BCUT2D eigenvalue weighted by molar-refractivity contribution is 5.89. The Morgan fingerprint density at radius 3 is 2.35 bits per heavy atom. The van der Waals surface area contributed by atoms with E-state index in [1.165, 1.54) is 24.0 Å². The number of fused-ring (bicyclic) bond motifs is 1. The van der Waals surface area contributed by atoms with Gasteiger partial charge in [-0.25, -0.2) is 0 Å². The number of amides is 2. The number of carbonyl (C=O) groups is 2. The summed E-state index contributed by atoms with van der Waals surface area (Å²) in [4.78, 5) is 26.8. The summed E-state index contributed by atoms with van der Waals surface area (Å²) in [6.07, 6.45) is 6.86. The maximum atomic E-state index is 12.6. The smallest absolute Gasteiger partial charge is 0.225 e. The fourth-order valence-corrected chi connectivity index (χ4v) is 4.46. The molecule has 1 atom stereocenters. The Morgan fingerprint density at radius 1 is 1.04 bits per heavy atom. The molecule has 0 bridgehead atoms. The van der Waals surface area contributed by atoms with Crippen molar-refractivity contribution in [3.8, 4) is 0 Å². The van der Waals surface area contributed by atoms with Gasteiger partial charge in [-0.05, 0) is 36.8 Å². The van der Waals surface area contributed by atoms with Crippen LogP contribution in [0.15, 0.2) is 24.3 Å². The molecule has 0 radical (unpaired) electrons. The summed E-state index contributed by atoms with van der Waals surface area (Å²) in [5, 5.41) is 3.18. The number of hydrogen-bond acceptors (Lipinski definition) is 2. The lowest BCUT2D eigenvalue weighted by Gasteiger charge is -2.24. The minimum Gasteiger partial charge on any atom is -0.352 e. The second kappa shape index (κ2) is 5.99. The van der Waals surface area contributed by atoms with Crippen LogP contribution in [0.25, 0.3) is 0 Å². The highest BCUT2D eigenvalue weighted by Gasteiger charge is 2.39. The molecule has 23 heavy (non-hydrogen) atoms. The number of likely N-dealkylation sites (tertiary alicyclic amines) is 1. The Balaban J connectivity index is 1.34. The normalized spacial score (nSPS) is 25.1. The molecule has 4 rings (SSSR count). The van der Waals surface area contributed by atoms with Crippen LogP contribution in [0.1, 0.15) is 43.2 Å². The Kier molecular flexibility index (Phi) is 3.83. The highest BCUT2D eigenvalue weighted by atomic mass is 16.2. The van der Waals surface area contributed by atoms with Crippen LogP contribution in [-0.4, -0.2) is 35.3 Å². The number of carbonyl (C=O) groups excluding carboxylic acids is 2. The number of nitrogens with one attached hydrogen (secondary N) is 1. The van der Waals surface area contributed by atoms with Crippen LogP contribution in [-0.2, 0) is 22.4 Å². The molecule has 0 aromatic heterocycles. The van der Waals surface area contributed by atoms with E-state index in [-0.39, 0.29) is 23.8 Å². The van der Waals surface area contributed by atoms with Crippen molar-refractivity contribution in [3.63, 3.8) is 0 Å². The van der Waals surface area contributed by atoms with Crippen LogP contribution in [0, 0.1) is 5.92 Å². The molecule has 3 aliphatic rings. The summed E-state index contributed by atoms with van der Waals surface area (Å²) in [6.45, 7) is 0.620. The van der Waals surface area contributed by atoms with Gasteiger partial charge in [0, 0.05) is 25.0 Å². The summed E-state index contributed by atoms with van der Waals surface area (Å²) in [5.41, 5.74) is 2.68. The molecule has 4 nitrogen and oxygen atoms in total. The number of hydrogen-bond donors (Lipinski definition) is 1. The van der Waals surface area contributed by atoms with Gasteiger partial charge >= 0.3 is 0 Å². The predicted molar refractivity (Wildman–Crippen MR) is 87.9 cm³/mol. The Labute approximate surface area is 137 Å². The Morgan fingerprint density at radius 2 is 1.70 bits per heavy atom. The van der Waals surface area contributed by atoms with Crippen LogP contribution in [0.4, 0.5) is 0 Å². The van der Waals surface area contributed by atoms with Gasteiger partial charge in [-0.15, -0.1) is 0 Å². The number of rotatable bonds is 3. The minimum absolute atomic E-state index is 0.0663. The second-order valence-corrected chi connectivity index (χ2v) is 7.27. The first-order valence-corrected chi connectivity index (χ1v) is 8.87. The first kappa shape index (κ1) is 14.7. The standard InChI is InChI=1S/C19H24N2O2/c22-18-11-15(12-21(18)17-7-3-4-8-17)19(23)20-16-9-13-5-1-2-6-14(13)10-16/h1-2,5-6,15-17H,3-4,7-12H2,(H,20,23). The Hall–Kier alpha value is -1.84. The second-order valence-electron chi connectivity index (χ2n) is 7.27. The minimum atomic E-state index is -0.160. The number of nitrogens with zero attached hydrogens (tertiary/aromatic N) is 1. The maximum absolute atomic E-state index is 12.6. The zero-order valence-corrected chi connectivity index (χ0v) is 13.5. The largest absolute Gasteiger partial charge is 0.352 e. The van der Waals surface area contributed by atoms with Crippen molar-refractivity contribution in [2.24, 2.45) is 5.92 Å². The maximum Gasteiger partial charge on any atom is 0.225 e. The van der Waals surface area contributed by atoms with Gasteiger partial charge in [0.2, 0.25) is 11.8 Å². The van der Waals surface area contributed by atoms with Crippen LogP contribution < -0.4 is 5.32 Å². The van der Waals surface area contributed by atoms with Crippen molar-refractivity contribution >= 4 is 11.8 Å². The van der Waals surface area contributed by atoms with E-state index >= 15 is 0 Å². The predicted octanol–water partition coefficient (Wildman–Crippen LogP) is 2.06. The molecule has 4 heteroatoms. The fourth-order valence-electron chi connectivity index (χ4n) is 4.46. The van der Waals surface area contributed by atoms with E-state index in [4.69, 9.17) is 0 Å². The lowest BCUT2D eigenvalue weighted by atomic mass is 10.1. The monoisotopic (exact) mass is 312 g/mol. The Bertz CT molecular complexity index is 597. The van der Waals surface area contributed by atoms with Crippen molar-refractivity contribution in [1.82, 2.24) is 10.2 Å². The van der Waals surface area contributed by atoms with E-state index in [0.717, 1.165) is 25.7 Å². The van der Waals surface area contributed by atoms with E-state index in [0.29, 0.717) is 19.0 Å². The lowest BCUT2D eigenvalue weighted by Crippen LogP contribution is -2.41. The molecule has 2 fully saturated rings. The molecule has 1 saturated carbocycles. The van der Waals surface area contributed by atoms with E-state index in [1.807, 2.05) is 4.90 Å². The number of benzene rings is 1. The van der Waals surface area contributed by atoms with Gasteiger partial charge in [0.1, 0.15) is 0 Å². The average molecular weight is 312 g/mol. The molecule has 1 aromatic rings. The molecule has 2 amide bonds. The van der Waals surface area contributed by atoms with Crippen molar-refractivity contribution in [2.75, 3.05) is 6.54 Å². The molecule has 122 valence electrons. The molecular weight excluding hydrogens is 288 g/mol. The summed E-state index contributed by atoms with van der Waals surface area (Å²) >= 11 is 0. The fraction of sp³-hybridized carbons (Fsp3) is 0.579. The van der Waals surface area contributed by atoms with Crippen LogP contribution in [0.3, 0.4) is 0 Å². The topological polar surface area (TPSA) is 49.4 Å². The first-order valence-electron chi connectivity index (χ1n) is 8.87. The van der Waals surface area contributed by atoms with E-state index in [1.54, 1.807) is 0 Å². The first-order chi connectivity index (χ1) is 11.2. The van der Waals surface area contributed by atoms with Gasteiger partial charge in [-0.1, -0.05) is 37.1 Å². The van der Waals surface area contributed by atoms with E-state index in [2.05, 4.69) is 29.6 Å². The van der Waals surface area contributed by atoms with Gasteiger partial charge < -0.3 is 10.2 Å². The van der Waals surface area contributed by atoms with Crippen molar-refractivity contribution in [3.05, 3.63) is 35.4 Å². The molecule has 1 aromatic carbocycles. The van der Waals surface area contributed by atoms with Crippen LogP contribution in [0.2, 0.25) is 0 Å². The summed E-state index contributed by atoms with van der Waals surface area (Å²) < 4.78 is 0. The molecule has 1 saturated heterocycles. The lowest BCUT2D eigenvalue weighted by molar-refractivity contribution is -0.130. The van der Waals surface area contributed by atoms with E-state index in [9.17, 15) is 9.59 Å². The summed E-state index contributed by atoms with van der Waals surface area (Å²) in [6, 6.07) is 8.97. The van der Waals surface area contributed by atoms with Crippen LogP contribution in [0.5, 0.6) is 0 Å². The van der Waals surface area contributed by atoms with Gasteiger partial charge in [0.05, 0.1) is 5.92 Å². The summed E-state index contributed by atoms with van der Waals surface area (Å²) in [5.74, 6) is 0.0789. The molecule has 2 aliphatic carbocycles. The quantitative estimate of drug-likeness (QED) is 0.929. The van der Waals surface area contributed by atoms with Gasteiger partial charge in [-0.3, -0.25) is 9.59 Å². The van der Waals surface area contributed by atoms with Gasteiger partial charge in [0.25, 0.3) is 0 Å².